The third-order valence-electron chi connectivity index (χ3n) is 11.2. The van der Waals surface area contributed by atoms with E-state index in [0.29, 0.717) is 75.1 Å². The van der Waals surface area contributed by atoms with Crippen LogP contribution in [0.25, 0.3) is 22.8 Å². The van der Waals surface area contributed by atoms with Crippen LogP contribution < -0.4 is 31.9 Å². The van der Waals surface area contributed by atoms with E-state index in [-0.39, 0.29) is 23.6 Å². The molecule has 1 aromatic heterocycles. The minimum atomic E-state index is -0.575. The maximum Gasteiger partial charge on any atom is 0.247 e. The maximum atomic E-state index is 13.9. The predicted molar refractivity (Wildman–Crippen MR) is 236 cm³/mol. The molecule has 318 valence electrons. The fraction of sp³-hybridized carbons (Fsp3) is 0.340. The largest absolute Gasteiger partial charge is 0.436 e. The summed E-state index contributed by atoms with van der Waals surface area (Å²) in [6, 6.07) is 31.5. The fourth-order valence-electron chi connectivity index (χ4n) is 8.01. The van der Waals surface area contributed by atoms with Crippen LogP contribution in [0.5, 0.6) is 0 Å². The molecule has 0 spiro atoms. The van der Waals surface area contributed by atoms with E-state index in [0.717, 1.165) is 35.1 Å². The van der Waals surface area contributed by atoms with Gasteiger partial charge in [-0.1, -0.05) is 60.7 Å². The lowest BCUT2D eigenvalue weighted by atomic mass is 10.0. The highest BCUT2D eigenvalue weighted by molar-refractivity contribution is 5.99. The van der Waals surface area contributed by atoms with Crippen molar-refractivity contribution in [3.63, 3.8) is 0 Å². The third-order valence-corrected chi connectivity index (χ3v) is 11.2. The highest BCUT2D eigenvalue weighted by atomic mass is 16.4. The number of anilines is 2. The number of rotatable bonds is 18. The Morgan fingerprint density at radius 2 is 1.05 bits per heavy atom. The summed E-state index contributed by atoms with van der Waals surface area (Å²) in [5, 5.41) is 19.0. The molecule has 0 radical (unpaired) electrons. The summed E-state index contributed by atoms with van der Waals surface area (Å²) in [5.74, 6) is 0.298. The van der Waals surface area contributed by atoms with Gasteiger partial charge in [0.15, 0.2) is 5.76 Å². The number of carbonyl (C=O) groups excluding carboxylic acids is 4. The quantitative estimate of drug-likeness (QED) is 0.0663. The van der Waals surface area contributed by atoms with E-state index in [1.807, 2.05) is 99.0 Å². The molecule has 6 N–H and O–H groups in total. The number of likely N-dealkylation sites (N-methyl/N-ethyl adjacent to an activating group) is 2. The first kappa shape index (κ1) is 42.9. The van der Waals surface area contributed by atoms with Crippen molar-refractivity contribution in [2.45, 2.75) is 49.9 Å². The average Bonchev–Trinajstić information content (AvgIpc) is 4.10. The average molecular weight is 826 g/mol. The minimum absolute atomic E-state index is 0.110. The standard InChI is InChI=1S/C47H55N9O5/c1-48-25-27-50-41(33-11-5-3-6-12-33)46(59)55-29-9-15-38(55)43(57)53-36-21-17-32(18-22-36)40-31-52-45(61-40)35-19-23-37(24-20-35)54-44(58)39-16-10-30-56(39)47(60)42(51-28-26-49-2)34-13-7-4-8-14-34/h3-8,11-14,17-24,31,38-39,41-42,48-51H,9-10,15-16,25-30H2,1-2H3,(H,53,57)(H,54,58)/t38-,39-,41?,42?/m0/s1. The van der Waals surface area contributed by atoms with Gasteiger partial charge in [-0.15, -0.1) is 0 Å². The Hall–Kier alpha value is -6.19. The summed E-state index contributed by atoms with van der Waals surface area (Å²) in [6.45, 7) is 3.66. The molecule has 0 bridgehead atoms. The van der Waals surface area contributed by atoms with Crippen LogP contribution in [-0.2, 0) is 19.2 Å². The van der Waals surface area contributed by atoms with Gasteiger partial charge >= 0.3 is 0 Å². The lowest BCUT2D eigenvalue weighted by Crippen LogP contribution is -2.48. The van der Waals surface area contributed by atoms with Crippen LogP contribution in [0.3, 0.4) is 0 Å². The Morgan fingerprint density at radius 3 is 1.49 bits per heavy atom. The lowest BCUT2D eigenvalue weighted by Gasteiger charge is -2.29. The predicted octanol–water partition coefficient (Wildman–Crippen LogP) is 4.97. The van der Waals surface area contributed by atoms with Gasteiger partial charge in [0.1, 0.15) is 24.2 Å². The number of carbonyl (C=O) groups is 4. The van der Waals surface area contributed by atoms with Crippen molar-refractivity contribution in [1.82, 2.24) is 36.1 Å². The van der Waals surface area contributed by atoms with Crippen LogP contribution >= 0.6 is 0 Å². The Labute approximate surface area is 356 Å². The number of amides is 4. The smallest absolute Gasteiger partial charge is 0.247 e. The topological polar surface area (TPSA) is 173 Å². The minimum Gasteiger partial charge on any atom is -0.436 e. The van der Waals surface area contributed by atoms with Crippen molar-refractivity contribution >= 4 is 35.0 Å². The Morgan fingerprint density at radius 1 is 0.607 bits per heavy atom. The molecule has 2 saturated heterocycles. The molecule has 61 heavy (non-hydrogen) atoms. The van der Waals surface area contributed by atoms with Crippen LogP contribution in [0, 0.1) is 0 Å². The molecular formula is C47H55N9O5. The second-order valence-corrected chi connectivity index (χ2v) is 15.3. The van der Waals surface area contributed by atoms with Gasteiger partial charge in [-0.25, -0.2) is 4.98 Å². The zero-order chi connectivity index (χ0) is 42.6. The number of nitrogens with one attached hydrogen (secondary N) is 6. The van der Waals surface area contributed by atoms with Gasteiger partial charge in [-0.2, -0.15) is 0 Å². The molecule has 2 fully saturated rings. The van der Waals surface area contributed by atoms with E-state index < -0.39 is 24.2 Å². The SMILES string of the molecule is CNCCNC(C(=O)N1CCC[C@H]1C(=O)Nc1ccc(-c2cnc(-c3ccc(NC(=O)[C@@H]4CCCN4C(=O)C(NCCNC)c4ccccc4)cc3)o2)cc1)c1ccccc1. The van der Waals surface area contributed by atoms with E-state index >= 15 is 0 Å². The van der Waals surface area contributed by atoms with Gasteiger partial charge in [0.05, 0.1) is 6.20 Å². The zero-order valence-corrected chi connectivity index (χ0v) is 34.7. The molecule has 2 aliphatic rings. The molecule has 14 heteroatoms. The van der Waals surface area contributed by atoms with Gasteiger partial charge < -0.3 is 46.1 Å². The van der Waals surface area contributed by atoms with Gasteiger partial charge in [-0.3, -0.25) is 19.2 Å². The Kier molecular flexibility index (Phi) is 14.7. The molecule has 14 nitrogen and oxygen atoms in total. The summed E-state index contributed by atoms with van der Waals surface area (Å²) in [7, 11) is 3.73. The van der Waals surface area contributed by atoms with E-state index in [2.05, 4.69) is 36.9 Å². The molecule has 0 saturated carbocycles. The normalized spacial score (nSPS) is 17.2. The van der Waals surface area contributed by atoms with Crippen molar-refractivity contribution < 1.29 is 23.6 Å². The highest BCUT2D eigenvalue weighted by Gasteiger charge is 2.39. The van der Waals surface area contributed by atoms with E-state index in [1.165, 1.54) is 0 Å². The van der Waals surface area contributed by atoms with Crippen molar-refractivity contribution in [2.24, 2.45) is 0 Å². The molecule has 2 aliphatic heterocycles. The second-order valence-electron chi connectivity index (χ2n) is 15.3. The molecule has 3 heterocycles. The molecule has 0 aliphatic carbocycles. The monoisotopic (exact) mass is 825 g/mol. The van der Waals surface area contributed by atoms with Crippen molar-refractivity contribution in [1.29, 1.82) is 0 Å². The fourth-order valence-corrected chi connectivity index (χ4v) is 8.01. The van der Waals surface area contributed by atoms with Gasteiger partial charge in [0.25, 0.3) is 0 Å². The van der Waals surface area contributed by atoms with Crippen LogP contribution in [-0.4, -0.2) is 104 Å². The maximum absolute atomic E-state index is 13.9. The Balaban J connectivity index is 0.941. The first-order valence-electron chi connectivity index (χ1n) is 21.1. The molecule has 7 rings (SSSR count). The van der Waals surface area contributed by atoms with Crippen LogP contribution in [0.1, 0.15) is 48.9 Å². The summed E-state index contributed by atoms with van der Waals surface area (Å²) in [4.78, 5) is 62.7. The molecule has 2 unspecified atom stereocenters. The van der Waals surface area contributed by atoms with Crippen LogP contribution in [0.15, 0.2) is 120 Å². The zero-order valence-electron chi connectivity index (χ0n) is 34.7. The first-order valence-corrected chi connectivity index (χ1v) is 21.1. The number of nitrogens with zero attached hydrogens (tertiary/aromatic N) is 3. The van der Waals surface area contributed by atoms with Crippen LogP contribution in [0.2, 0.25) is 0 Å². The summed E-state index contributed by atoms with van der Waals surface area (Å²) >= 11 is 0. The number of hydrogen-bond donors (Lipinski definition) is 6. The first-order chi connectivity index (χ1) is 29.8. The number of aromatic nitrogens is 1. The molecular weight excluding hydrogens is 771 g/mol. The van der Waals surface area contributed by atoms with Crippen molar-refractivity contribution in [3.8, 4) is 22.8 Å². The second kappa shape index (κ2) is 20.9. The summed E-state index contributed by atoms with van der Waals surface area (Å²) in [6.07, 6.45) is 4.33. The third kappa shape index (κ3) is 10.6. The van der Waals surface area contributed by atoms with Crippen molar-refractivity contribution in [2.75, 3.05) is 64.0 Å². The lowest BCUT2D eigenvalue weighted by molar-refractivity contribution is -0.138. The number of oxazole rings is 1. The number of hydrogen-bond acceptors (Lipinski definition) is 10. The van der Waals surface area contributed by atoms with Gasteiger partial charge in [0, 0.05) is 61.8 Å². The van der Waals surface area contributed by atoms with E-state index in [4.69, 9.17) is 4.42 Å². The molecule has 4 aromatic carbocycles. The van der Waals surface area contributed by atoms with Crippen molar-refractivity contribution in [3.05, 3.63) is 127 Å². The Bertz CT molecular complexity index is 2060. The molecule has 4 atom stereocenters. The van der Waals surface area contributed by atoms with Gasteiger partial charge in [-0.05, 0) is 99.4 Å². The highest BCUT2D eigenvalue weighted by Crippen LogP contribution is 2.30. The summed E-state index contributed by atoms with van der Waals surface area (Å²) in [5.41, 5.74) is 4.45. The van der Waals surface area contributed by atoms with Gasteiger partial charge in [0.2, 0.25) is 29.5 Å². The molecule has 4 amide bonds. The van der Waals surface area contributed by atoms with Crippen LogP contribution in [0.4, 0.5) is 11.4 Å². The van der Waals surface area contributed by atoms with E-state index in [9.17, 15) is 19.2 Å². The number of likely N-dealkylation sites (tertiary alicyclic amines) is 2. The van der Waals surface area contributed by atoms with E-state index in [1.54, 1.807) is 40.3 Å². The molecule has 5 aromatic rings. The number of benzene rings is 4. The summed E-state index contributed by atoms with van der Waals surface area (Å²) < 4.78 is 6.14.